The summed E-state index contributed by atoms with van der Waals surface area (Å²) in [4.78, 5) is 0. The average Bonchev–Trinajstić information content (AvgIpc) is 1.49. The van der Waals surface area contributed by atoms with Crippen LogP contribution < -0.4 is 48.5 Å². The van der Waals surface area contributed by atoms with Gasteiger partial charge in [0.25, 0.3) is 0 Å². The summed E-state index contributed by atoms with van der Waals surface area (Å²) in [7, 11) is 0. The first-order chi connectivity index (χ1) is 53.4. The molecule has 0 unspecified atom stereocenters. The molecule has 0 fully saturated rings. The van der Waals surface area contributed by atoms with Crippen LogP contribution >= 0.6 is 39.1 Å². The van der Waals surface area contributed by atoms with Gasteiger partial charge in [0, 0.05) is 57.9 Å². The smallest absolute Gasteiger partial charge is 0.506 e. The molecule has 2 heterocycles. The number of rotatable bonds is 6. The molecule has 6 N–H and O–H groups in total. The Hall–Kier alpha value is -11.0. The van der Waals surface area contributed by atoms with E-state index in [1.165, 1.54) is 30.3 Å². The standard InChI is InChI=1S/C37H28N4O4.C17H13BrN2O2.2C17H13ClN2O2.Na.Ni.Zr/c1-21-5-11-27-25(17-21)9-15-33-35(27)40-38-29-19-23(3)7-13-31(29)42-37(44-33)43-32-14-8-24(4)20-30(32)39-41-36-28-12-6-22(2)18-26(28)10-16-34(36)45-37;3*1-10-2-5-13-11(8-10)3-6-16(22)17(13)20-19-14-9-12(18)4-7-15(14)21;;;/h5-20H,1-4H3;3*2-9,21-22H,1H3;;;/q;;;;+1;;+4. The Bertz CT molecular complexity index is 5890. The summed E-state index contributed by atoms with van der Waals surface area (Å²) >= 11 is 15.1. The SMILES string of the molecule is Cc1ccc2c(N=Nc3cc(Br)ccc3O)c(O)ccc2c1.Cc1ccc2c(N=Nc3cc(Cl)ccc3O)c(O)ccc2c1.Cc1ccc2c(N=Nc3cc(Cl)ccc3O)c(O)ccc2c1.Cc1ccc2c(c1)N=Nc1c(ccc3cc(C)ccc13)OC1(O2)Oc2ccc(C)cc2N=Nc2c(ccc3cc(C)ccc23)O1.[Na+].[Ni].[Zr+4]. The molecule has 0 saturated heterocycles. The van der Waals surface area contributed by atoms with Crippen LogP contribution in [0, 0.1) is 48.5 Å². The number of azo groups is 5. The van der Waals surface area contributed by atoms with Crippen LogP contribution in [0.2, 0.25) is 10.0 Å². The van der Waals surface area contributed by atoms with Crippen molar-refractivity contribution < 1.29 is 122 Å². The zero-order valence-electron chi connectivity index (χ0n) is 62.3. The molecule has 26 heteroatoms. The molecule has 15 aromatic carbocycles. The van der Waals surface area contributed by atoms with Crippen molar-refractivity contribution in [3.05, 3.63) is 296 Å². The number of nitrogens with zero attached hydrogens (tertiary/aromatic N) is 10. The first kappa shape index (κ1) is 84.0. The Morgan fingerprint density at radius 2 is 0.570 bits per heavy atom. The Labute approximate surface area is 724 Å². The van der Waals surface area contributed by atoms with Crippen LogP contribution in [-0.2, 0) is 42.7 Å². The van der Waals surface area contributed by atoms with Gasteiger partial charge in [-0.2, -0.15) is 0 Å². The van der Waals surface area contributed by atoms with E-state index in [-0.39, 0.29) is 118 Å². The first-order valence-corrected chi connectivity index (χ1v) is 36.3. The van der Waals surface area contributed by atoms with Gasteiger partial charge in [-0.3, -0.25) is 0 Å². The molecule has 114 heavy (non-hydrogen) atoms. The second kappa shape index (κ2) is 36.5. The summed E-state index contributed by atoms with van der Waals surface area (Å²) in [6.07, 6.45) is -2.18. The van der Waals surface area contributed by atoms with Crippen molar-refractivity contribution in [1.29, 1.82) is 0 Å². The number of ether oxygens (including phenoxy) is 4. The van der Waals surface area contributed by atoms with E-state index in [4.69, 9.17) is 52.4 Å². The van der Waals surface area contributed by atoms with Crippen LogP contribution in [0.5, 0.6) is 57.5 Å². The van der Waals surface area contributed by atoms with E-state index in [9.17, 15) is 30.6 Å². The fraction of sp³-hybridized carbons (Fsp3) is 0.0909. The van der Waals surface area contributed by atoms with Gasteiger partial charge in [0.2, 0.25) is 0 Å². The topological polar surface area (TPSA) is 282 Å². The van der Waals surface area contributed by atoms with Gasteiger partial charge >= 0.3 is 61.9 Å². The van der Waals surface area contributed by atoms with E-state index in [0.29, 0.717) is 78.5 Å². The molecule has 0 aliphatic carbocycles. The first-order valence-electron chi connectivity index (χ1n) is 34.7. The molecule has 0 saturated carbocycles. The van der Waals surface area contributed by atoms with Crippen molar-refractivity contribution in [1.82, 2.24) is 0 Å². The van der Waals surface area contributed by atoms with Crippen molar-refractivity contribution in [2.24, 2.45) is 51.1 Å². The molecule has 17 rings (SSSR count). The average molecular weight is 1750 g/mol. The number of aromatic hydroxyl groups is 6. The van der Waals surface area contributed by atoms with E-state index in [1.54, 1.807) is 54.6 Å². The van der Waals surface area contributed by atoms with E-state index in [2.05, 4.69) is 82.8 Å². The summed E-state index contributed by atoms with van der Waals surface area (Å²) < 4.78 is 27.6. The molecule has 0 bridgehead atoms. The predicted molar refractivity (Wildman–Crippen MR) is 439 cm³/mol. The van der Waals surface area contributed by atoms with Gasteiger partial charge in [-0.1, -0.05) is 200 Å². The second-order valence-electron chi connectivity index (χ2n) is 26.5. The van der Waals surface area contributed by atoms with Gasteiger partial charge in [-0.05, 0) is 196 Å². The van der Waals surface area contributed by atoms with Gasteiger partial charge in [0.05, 0.1) is 0 Å². The summed E-state index contributed by atoms with van der Waals surface area (Å²) in [6, 6.07) is 72.9. The van der Waals surface area contributed by atoms with Crippen LogP contribution in [0.15, 0.2) is 298 Å². The molecule has 2 aliphatic rings. The third-order valence-electron chi connectivity index (χ3n) is 17.9. The molecular weight excluding hydrogens is 1680 g/mol. The zero-order valence-corrected chi connectivity index (χ0v) is 70.9. The molecule has 1 spiro atoms. The predicted octanol–water partition coefficient (Wildman–Crippen LogP) is 24.9. The minimum Gasteiger partial charge on any atom is -0.506 e. The third-order valence-corrected chi connectivity index (χ3v) is 18.8. The largest absolute Gasteiger partial charge is 4.00 e. The van der Waals surface area contributed by atoms with Gasteiger partial charge in [0.1, 0.15) is 91.4 Å². The number of fused-ring (bicyclic) bond motifs is 11. The monoisotopic (exact) mass is 1740 g/mol. The Morgan fingerprint density at radius 1 is 0.298 bits per heavy atom. The van der Waals surface area contributed by atoms with Crippen molar-refractivity contribution in [2.75, 3.05) is 0 Å². The fourth-order valence-corrected chi connectivity index (χ4v) is 13.0. The molecule has 560 valence electrons. The number of hydrogen-bond acceptors (Lipinski definition) is 20. The van der Waals surface area contributed by atoms with Crippen LogP contribution in [0.25, 0.3) is 53.9 Å². The van der Waals surface area contributed by atoms with Crippen molar-refractivity contribution in [3.8, 4) is 57.5 Å². The maximum Gasteiger partial charge on any atom is 4.00 e. The Morgan fingerprint density at radius 3 is 0.930 bits per heavy atom. The van der Waals surface area contributed by atoms with Crippen molar-refractivity contribution in [2.45, 2.75) is 54.6 Å². The number of hydrogen-bond donors (Lipinski definition) is 6. The van der Waals surface area contributed by atoms with Crippen molar-refractivity contribution >= 4 is 150 Å². The molecule has 15 aromatic rings. The maximum absolute atomic E-state index is 10.1. The molecule has 0 amide bonds. The van der Waals surface area contributed by atoms with Gasteiger partial charge in [-0.25, -0.2) is 0 Å². The molecule has 20 nitrogen and oxygen atoms in total. The molecule has 0 atom stereocenters. The van der Waals surface area contributed by atoms with E-state index >= 15 is 0 Å². The zero-order chi connectivity index (χ0) is 77.8. The summed E-state index contributed by atoms with van der Waals surface area (Å²) in [5.41, 5.74) is 11.6. The minimum absolute atomic E-state index is 0. The Balaban J connectivity index is 0.000000159. The maximum atomic E-state index is 10.1. The minimum atomic E-state index is -2.18. The Kier molecular flexibility index (Phi) is 26.8. The number of halogens is 3. The molecule has 0 aromatic heterocycles. The number of benzene rings is 15. The normalized spacial score (nSPS) is 13.1. The van der Waals surface area contributed by atoms with Crippen LogP contribution in [0.4, 0.5) is 56.9 Å². The van der Waals surface area contributed by atoms with Gasteiger partial charge in [-0.15, -0.1) is 51.1 Å². The van der Waals surface area contributed by atoms with Crippen molar-refractivity contribution in [3.63, 3.8) is 0 Å². The van der Waals surface area contributed by atoms with Gasteiger partial charge < -0.3 is 49.6 Å². The van der Waals surface area contributed by atoms with Crippen LogP contribution in [0.1, 0.15) is 38.9 Å². The quantitative estimate of drug-likeness (QED) is 0.0676. The summed E-state index contributed by atoms with van der Waals surface area (Å²) in [5.74, 6) is 1.53. The fourth-order valence-electron chi connectivity index (χ4n) is 12.3. The number of phenolic OH excluding ortho intramolecular Hbond substituents is 6. The number of phenols is 6. The molecular formula is C88H67BrCl2N10NaNiO10Zr+5. The number of aryl methyl sites for hydroxylation is 7. The van der Waals surface area contributed by atoms with Crippen LogP contribution in [-0.4, -0.2) is 36.8 Å². The van der Waals surface area contributed by atoms with E-state index in [1.807, 2.05) is 180 Å². The molecule has 0 radical (unpaired) electrons. The third kappa shape index (κ3) is 19.3. The summed E-state index contributed by atoms with van der Waals surface area (Å²) in [6.45, 7) is 14.1. The van der Waals surface area contributed by atoms with E-state index in [0.717, 1.165) is 97.3 Å². The second-order valence-corrected chi connectivity index (χ2v) is 28.3. The van der Waals surface area contributed by atoms with Gasteiger partial charge in [0.15, 0.2) is 23.0 Å². The summed E-state index contributed by atoms with van der Waals surface area (Å²) in [5, 5.41) is 112. The molecule has 2 aliphatic heterocycles. The van der Waals surface area contributed by atoms with E-state index < -0.39 is 6.16 Å². The van der Waals surface area contributed by atoms with Crippen LogP contribution in [0.3, 0.4) is 0 Å².